The van der Waals surface area contributed by atoms with E-state index in [0.717, 1.165) is 0 Å². The maximum Gasteiger partial charge on any atom is -0.000741 e. The minimum absolute atomic E-state index is 0.638. The lowest BCUT2D eigenvalue weighted by molar-refractivity contribution is 1.61. The van der Waals surface area contributed by atoms with Crippen LogP contribution in [0.15, 0.2) is 224 Å². The van der Waals surface area contributed by atoms with Crippen LogP contribution in [0.5, 0.6) is 0 Å². The van der Waals surface area contributed by atoms with E-state index in [2.05, 4.69) is 224 Å². The predicted octanol–water partition coefficient (Wildman–Crippen LogP) is 14.1. The molecule has 0 amide bonds. The molecule has 266 valence electrons. The fraction of sp³-hybridized carbons (Fsp3) is 0. The Kier molecular flexibility index (Phi) is 8.24. The van der Waals surface area contributed by atoms with Crippen molar-refractivity contribution in [1.82, 2.24) is 0 Å². The third-order valence-corrected chi connectivity index (χ3v) is 14.0. The molecule has 0 radical (unpaired) electrons. The fourth-order valence-electron chi connectivity index (χ4n) is 9.11. The maximum absolute atomic E-state index is 2.38. The average molecular weight is 741 g/mol. The van der Waals surface area contributed by atoms with Crippen molar-refractivity contribution in [3.05, 3.63) is 224 Å². The van der Waals surface area contributed by atoms with Crippen molar-refractivity contribution in [3.63, 3.8) is 0 Å². The molecular weight excluding hydrogens is 704 g/mol. The SMILES string of the molecule is c1ccc(-c2c3c(c(-c4ccccc4)c4ccccc24)-c2ccc(-c4ccc(-c5ccc(P(c6ccccc6)c6ccccc6)cc5)cc4)c4cccc-3c24)cc1. The van der Waals surface area contributed by atoms with E-state index in [9.17, 15) is 0 Å². The molecule has 10 aromatic rings. The molecule has 0 unspecified atom stereocenters. The monoisotopic (exact) mass is 740 g/mol. The molecule has 0 aliphatic heterocycles. The zero-order chi connectivity index (χ0) is 37.7. The summed E-state index contributed by atoms with van der Waals surface area (Å²) in [5.41, 5.74) is 15.3. The number of rotatable bonds is 7. The predicted molar refractivity (Wildman–Crippen MR) is 246 cm³/mol. The van der Waals surface area contributed by atoms with Crippen molar-refractivity contribution in [1.29, 1.82) is 0 Å². The highest BCUT2D eigenvalue weighted by Crippen LogP contribution is 2.58. The molecule has 1 aliphatic rings. The Morgan fingerprint density at radius 3 is 1.12 bits per heavy atom. The van der Waals surface area contributed by atoms with Crippen LogP contribution in [0.3, 0.4) is 0 Å². The van der Waals surface area contributed by atoms with Crippen molar-refractivity contribution in [2.45, 2.75) is 0 Å². The van der Waals surface area contributed by atoms with Crippen LogP contribution in [0.1, 0.15) is 0 Å². The normalized spacial score (nSPS) is 11.7. The highest BCUT2D eigenvalue weighted by atomic mass is 31.1. The first-order valence-corrected chi connectivity index (χ1v) is 21.0. The van der Waals surface area contributed by atoms with Crippen LogP contribution in [0.2, 0.25) is 0 Å². The van der Waals surface area contributed by atoms with Crippen molar-refractivity contribution >= 4 is 45.4 Å². The summed E-state index contributed by atoms with van der Waals surface area (Å²) >= 11 is 0. The van der Waals surface area contributed by atoms with Crippen LogP contribution in [-0.2, 0) is 0 Å². The molecule has 57 heavy (non-hydrogen) atoms. The molecule has 0 fully saturated rings. The third kappa shape index (κ3) is 5.64. The minimum atomic E-state index is -0.638. The molecule has 0 heterocycles. The van der Waals surface area contributed by atoms with Crippen LogP contribution >= 0.6 is 7.92 Å². The van der Waals surface area contributed by atoms with Crippen LogP contribution in [0, 0.1) is 0 Å². The number of fused-ring (bicyclic) bond motifs is 4. The molecule has 0 saturated carbocycles. The van der Waals surface area contributed by atoms with E-state index in [-0.39, 0.29) is 0 Å². The van der Waals surface area contributed by atoms with Gasteiger partial charge in [0, 0.05) is 0 Å². The number of hydrogen-bond acceptors (Lipinski definition) is 0. The van der Waals surface area contributed by atoms with Gasteiger partial charge in [0.1, 0.15) is 0 Å². The van der Waals surface area contributed by atoms with E-state index in [1.54, 1.807) is 0 Å². The van der Waals surface area contributed by atoms with Crippen LogP contribution in [0.25, 0.3) is 88.3 Å². The lowest BCUT2D eigenvalue weighted by atomic mass is 9.82. The molecule has 0 bridgehead atoms. The fourth-order valence-corrected chi connectivity index (χ4v) is 11.4. The topological polar surface area (TPSA) is 0 Å². The van der Waals surface area contributed by atoms with E-state index < -0.39 is 7.92 Å². The van der Waals surface area contributed by atoms with Gasteiger partial charge < -0.3 is 0 Å². The molecule has 0 saturated heterocycles. The first-order chi connectivity index (χ1) is 28.3. The molecule has 0 atom stereocenters. The van der Waals surface area contributed by atoms with Gasteiger partial charge in [-0.15, -0.1) is 0 Å². The summed E-state index contributed by atoms with van der Waals surface area (Å²) in [5, 5.41) is 9.28. The van der Waals surface area contributed by atoms with Crippen LogP contribution in [-0.4, -0.2) is 0 Å². The van der Waals surface area contributed by atoms with E-state index in [1.807, 2.05) is 0 Å². The van der Waals surface area contributed by atoms with Gasteiger partial charge in [-0.2, -0.15) is 0 Å². The molecule has 1 heteroatoms. The summed E-state index contributed by atoms with van der Waals surface area (Å²) in [7, 11) is -0.638. The second-order valence-corrected chi connectivity index (χ2v) is 17.0. The van der Waals surface area contributed by atoms with Gasteiger partial charge in [-0.25, -0.2) is 0 Å². The number of benzene rings is 10. The van der Waals surface area contributed by atoms with Crippen molar-refractivity contribution in [3.8, 4) is 66.8 Å². The molecule has 0 spiro atoms. The molecule has 0 nitrogen and oxygen atoms in total. The van der Waals surface area contributed by atoms with Crippen LogP contribution < -0.4 is 15.9 Å². The summed E-state index contributed by atoms with van der Waals surface area (Å²) in [6.07, 6.45) is 0. The summed E-state index contributed by atoms with van der Waals surface area (Å²) in [5.74, 6) is 0. The van der Waals surface area contributed by atoms with Gasteiger partial charge in [-0.05, 0) is 112 Å². The molecule has 10 aromatic carbocycles. The van der Waals surface area contributed by atoms with Gasteiger partial charge in [-0.1, -0.05) is 224 Å². The van der Waals surface area contributed by atoms with Gasteiger partial charge >= 0.3 is 0 Å². The molecule has 11 rings (SSSR count). The Labute approximate surface area is 335 Å². The summed E-state index contributed by atoms with van der Waals surface area (Å²) in [6, 6.07) is 82.8. The zero-order valence-electron chi connectivity index (χ0n) is 31.3. The minimum Gasteiger partial charge on any atom is -0.0622 e. The Morgan fingerprint density at radius 1 is 0.211 bits per heavy atom. The van der Waals surface area contributed by atoms with Gasteiger partial charge in [0.25, 0.3) is 0 Å². The van der Waals surface area contributed by atoms with Crippen molar-refractivity contribution in [2.24, 2.45) is 0 Å². The number of hydrogen-bond donors (Lipinski definition) is 0. The Balaban J connectivity index is 1.02. The average Bonchev–Trinajstić information content (AvgIpc) is 3.62. The first-order valence-electron chi connectivity index (χ1n) is 19.7. The van der Waals surface area contributed by atoms with E-state index in [4.69, 9.17) is 0 Å². The Morgan fingerprint density at radius 2 is 0.596 bits per heavy atom. The van der Waals surface area contributed by atoms with Gasteiger partial charge in [0.15, 0.2) is 0 Å². The van der Waals surface area contributed by atoms with Gasteiger partial charge in [-0.3, -0.25) is 0 Å². The van der Waals surface area contributed by atoms with Gasteiger partial charge in [0.2, 0.25) is 0 Å². The highest BCUT2D eigenvalue weighted by molar-refractivity contribution is 7.79. The smallest absolute Gasteiger partial charge is 0.000741 e. The molecule has 0 aromatic heterocycles. The van der Waals surface area contributed by atoms with Crippen molar-refractivity contribution < 1.29 is 0 Å². The maximum atomic E-state index is 2.38. The first kappa shape index (κ1) is 33.5. The second kappa shape index (κ2) is 14.0. The zero-order valence-corrected chi connectivity index (χ0v) is 32.2. The summed E-state index contributed by atoms with van der Waals surface area (Å²) in [4.78, 5) is 0. The lowest BCUT2D eigenvalue weighted by Gasteiger charge is -2.20. The highest BCUT2D eigenvalue weighted by Gasteiger charge is 2.31. The lowest BCUT2D eigenvalue weighted by Crippen LogP contribution is -2.20. The standard InChI is InChI=1S/C56H37P/c1-5-16-41(17-6-1)52-48-24-13-14-25-49(48)53(42-18-7-2-8-19-42)56-51-37-36-46(47-26-15-27-50(54(47)51)55(52)56)40-30-28-38(29-31-40)39-32-34-45(35-33-39)57(43-20-9-3-10-21-43)44-22-11-4-12-23-44/h1-37H. The third-order valence-electron chi connectivity index (χ3n) is 11.6. The summed E-state index contributed by atoms with van der Waals surface area (Å²) in [6.45, 7) is 0. The van der Waals surface area contributed by atoms with E-state index in [0.29, 0.717) is 0 Å². The molecular formula is C56H37P. The largest absolute Gasteiger partial charge is 0.0622 e. The Bertz CT molecular complexity index is 2930. The second-order valence-electron chi connectivity index (χ2n) is 14.8. The molecule has 1 aliphatic carbocycles. The molecule has 0 N–H and O–H groups in total. The Hall–Kier alpha value is -6.85. The van der Waals surface area contributed by atoms with Crippen molar-refractivity contribution in [2.75, 3.05) is 0 Å². The van der Waals surface area contributed by atoms with Gasteiger partial charge in [0.05, 0.1) is 0 Å². The summed E-state index contributed by atoms with van der Waals surface area (Å²) < 4.78 is 0. The quantitative estimate of drug-likeness (QED) is 0.143. The van der Waals surface area contributed by atoms with Crippen LogP contribution in [0.4, 0.5) is 0 Å². The van der Waals surface area contributed by atoms with E-state index in [1.165, 1.54) is 104 Å². The van der Waals surface area contributed by atoms with E-state index >= 15 is 0 Å².